The molecule has 0 spiro atoms. The maximum Gasteiger partial charge on any atom is 0.322 e. The molecule has 0 saturated heterocycles. The standard InChI is InChI=1S/C11H19ClN4O/c1-5-11(6-2,7-3)16-9-13-8(12)14-10(15-9)17-4/h5-7H2,1-4H3,(H,13,14,15,16). The molecular weight excluding hydrogens is 240 g/mol. The van der Waals surface area contributed by atoms with Crippen molar-refractivity contribution >= 4 is 17.5 Å². The molecule has 0 aliphatic rings. The SMILES string of the molecule is CCC(CC)(CC)Nc1nc(Cl)nc(OC)n1. The number of aromatic nitrogens is 3. The van der Waals surface area contributed by atoms with E-state index in [-0.39, 0.29) is 16.8 Å². The Morgan fingerprint density at radius 3 is 2.18 bits per heavy atom. The van der Waals surface area contributed by atoms with Crippen molar-refractivity contribution in [1.82, 2.24) is 15.0 Å². The summed E-state index contributed by atoms with van der Waals surface area (Å²) in [6.45, 7) is 6.42. The average Bonchev–Trinajstić information content (AvgIpc) is 2.35. The van der Waals surface area contributed by atoms with Gasteiger partial charge in [-0.2, -0.15) is 15.0 Å². The van der Waals surface area contributed by atoms with Gasteiger partial charge < -0.3 is 10.1 Å². The number of rotatable bonds is 6. The van der Waals surface area contributed by atoms with Crippen molar-refractivity contribution in [3.63, 3.8) is 0 Å². The monoisotopic (exact) mass is 258 g/mol. The Hall–Kier alpha value is -1.10. The van der Waals surface area contributed by atoms with Gasteiger partial charge in [-0.25, -0.2) is 0 Å². The zero-order chi connectivity index (χ0) is 12.9. The van der Waals surface area contributed by atoms with E-state index in [1.807, 2.05) is 0 Å². The minimum atomic E-state index is -0.00427. The third kappa shape index (κ3) is 3.43. The van der Waals surface area contributed by atoms with Crippen LogP contribution < -0.4 is 10.1 Å². The summed E-state index contributed by atoms with van der Waals surface area (Å²) in [5.41, 5.74) is -0.00427. The second-order valence-corrected chi connectivity index (χ2v) is 4.22. The van der Waals surface area contributed by atoms with Gasteiger partial charge in [0.15, 0.2) is 0 Å². The van der Waals surface area contributed by atoms with Crippen molar-refractivity contribution in [3.05, 3.63) is 5.28 Å². The fourth-order valence-corrected chi connectivity index (χ4v) is 1.88. The molecule has 0 unspecified atom stereocenters. The summed E-state index contributed by atoms with van der Waals surface area (Å²) >= 11 is 5.80. The third-order valence-corrected chi connectivity index (χ3v) is 3.35. The maximum absolute atomic E-state index is 5.80. The van der Waals surface area contributed by atoms with Crippen LogP contribution in [-0.2, 0) is 0 Å². The third-order valence-electron chi connectivity index (χ3n) is 3.18. The number of anilines is 1. The summed E-state index contributed by atoms with van der Waals surface area (Å²) in [6, 6.07) is 0.227. The van der Waals surface area contributed by atoms with Crippen LogP contribution in [0.1, 0.15) is 40.0 Å². The summed E-state index contributed by atoms with van der Waals surface area (Å²) < 4.78 is 4.96. The lowest BCUT2D eigenvalue weighted by Crippen LogP contribution is -2.36. The molecule has 0 atom stereocenters. The van der Waals surface area contributed by atoms with Gasteiger partial charge in [0.25, 0.3) is 0 Å². The molecule has 0 aliphatic carbocycles. The molecule has 0 radical (unpaired) electrons. The highest BCUT2D eigenvalue weighted by atomic mass is 35.5. The van der Waals surface area contributed by atoms with E-state index in [9.17, 15) is 0 Å². The summed E-state index contributed by atoms with van der Waals surface area (Å²) in [7, 11) is 1.50. The summed E-state index contributed by atoms with van der Waals surface area (Å²) in [4.78, 5) is 12.0. The van der Waals surface area contributed by atoms with E-state index in [0.29, 0.717) is 5.95 Å². The van der Waals surface area contributed by atoms with Gasteiger partial charge in [0.05, 0.1) is 7.11 Å². The van der Waals surface area contributed by atoms with Crippen molar-refractivity contribution in [1.29, 1.82) is 0 Å². The fourth-order valence-electron chi connectivity index (χ4n) is 1.73. The minimum absolute atomic E-state index is 0.00427. The molecule has 1 rings (SSSR count). The molecule has 1 N–H and O–H groups in total. The van der Waals surface area contributed by atoms with E-state index in [1.165, 1.54) is 7.11 Å². The summed E-state index contributed by atoms with van der Waals surface area (Å²) in [6.07, 6.45) is 2.98. The van der Waals surface area contributed by atoms with Crippen LogP contribution in [0.4, 0.5) is 5.95 Å². The number of methoxy groups -OCH3 is 1. The van der Waals surface area contributed by atoms with Gasteiger partial charge in [-0.15, -0.1) is 0 Å². The maximum atomic E-state index is 5.80. The molecule has 6 heteroatoms. The Bertz CT molecular complexity index is 360. The van der Waals surface area contributed by atoms with Gasteiger partial charge >= 0.3 is 6.01 Å². The van der Waals surface area contributed by atoms with Crippen molar-refractivity contribution in [2.24, 2.45) is 0 Å². The average molecular weight is 259 g/mol. The Morgan fingerprint density at radius 2 is 1.71 bits per heavy atom. The fraction of sp³-hybridized carbons (Fsp3) is 0.727. The van der Waals surface area contributed by atoms with Crippen LogP contribution in [0.15, 0.2) is 0 Å². The number of nitrogens with one attached hydrogen (secondary N) is 1. The Morgan fingerprint density at radius 1 is 1.12 bits per heavy atom. The first-order valence-corrected chi connectivity index (χ1v) is 6.20. The smallest absolute Gasteiger partial charge is 0.322 e. The number of halogens is 1. The first-order valence-electron chi connectivity index (χ1n) is 5.82. The van der Waals surface area contributed by atoms with Gasteiger partial charge in [0.2, 0.25) is 11.2 Å². The molecule has 1 aromatic heterocycles. The van der Waals surface area contributed by atoms with E-state index < -0.39 is 0 Å². The van der Waals surface area contributed by atoms with E-state index >= 15 is 0 Å². The van der Waals surface area contributed by atoms with Gasteiger partial charge in [0, 0.05) is 5.54 Å². The molecule has 1 heterocycles. The van der Waals surface area contributed by atoms with E-state index in [0.717, 1.165) is 19.3 Å². The molecule has 1 aromatic rings. The van der Waals surface area contributed by atoms with Crippen LogP contribution >= 0.6 is 11.6 Å². The summed E-state index contributed by atoms with van der Waals surface area (Å²) in [5.74, 6) is 0.465. The first kappa shape index (κ1) is 14.0. The van der Waals surface area contributed by atoms with Gasteiger partial charge in [0.1, 0.15) is 0 Å². The van der Waals surface area contributed by atoms with Crippen molar-refractivity contribution in [3.8, 4) is 6.01 Å². The predicted molar refractivity (Wildman–Crippen MR) is 68.6 cm³/mol. The molecule has 0 aliphatic heterocycles. The molecule has 0 aromatic carbocycles. The molecule has 17 heavy (non-hydrogen) atoms. The molecule has 0 bridgehead atoms. The second-order valence-electron chi connectivity index (χ2n) is 3.88. The number of nitrogens with zero attached hydrogens (tertiary/aromatic N) is 3. The molecular formula is C11H19ClN4O. The zero-order valence-corrected chi connectivity index (χ0v) is 11.5. The Kier molecular flexibility index (Phi) is 4.93. The largest absolute Gasteiger partial charge is 0.467 e. The molecule has 0 saturated carbocycles. The van der Waals surface area contributed by atoms with Crippen LogP contribution in [0.2, 0.25) is 5.28 Å². The first-order chi connectivity index (χ1) is 8.09. The number of hydrogen-bond donors (Lipinski definition) is 1. The van der Waals surface area contributed by atoms with Crippen LogP contribution in [0, 0.1) is 0 Å². The van der Waals surface area contributed by atoms with E-state index in [2.05, 4.69) is 41.0 Å². The topological polar surface area (TPSA) is 59.9 Å². The van der Waals surface area contributed by atoms with Gasteiger partial charge in [-0.3, -0.25) is 0 Å². The van der Waals surface area contributed by atoms with E-state index in [4.69, 9.17) is 16.3 Å². The van der Waals surface area contributed by atoms with Crippen LogP contribution in [0.25, 0.3) is 0 Å². The number of ether oxygens (including phenoxy) is 1. The Labute approximate surface area is 107 Å². The summed E-state index contributed by atoms with van der Waals surface area (Å²) in [5, 5.41) is 3.47. The lowest BCUT2D eigenvalue weighted by atomic mass is 9.90. The van der Waals surface area contributed by atoms with Crippen LogP contribution in [0.3, 0.4) is 0 Å². The molecule has 0 amide bonds. The Balaban J connectivity index is 2.96. The van der Waals surface area contributed by atoms with Crippen LogP contribution in [-0.4, -0.2) is 27.6 Å². The van der Waals surface area contributed by atoms with Crippen molar-refractivity contribution < 1.29 is 4.74 Å². The predicted octanol–water partition coefficient (Wildman–Crippen LogP) is 2.91. The van der Waals surface area contributed by atoms with Crippen LogP contribution in [0.5, 0.6) is 6.01 Å². The van der Waals surface area contributed by atoms with Crippen molar-refractivity contribution in [2.45, 2.75) is 45.6 Å². The molecule has 5 nitrogen and oxygen atoms in total. The molecule has 0 fully saturated rings. The van der Waals surface area contributed by atoms with Gasteiger partial charge in [-0.1, -0.05) is 20.8 Å². The number of hydrogen-bond acceptors (Lipinski definition) is 5. The highest BCUT2D eigenvalue weighted by Gasteiger charge is 2.25. The highest BCUT2D eigenvalue weighted by molar-refractivity contribution is 6.28. The van der Waals surface area contributed by atoms with E-state index in [1.54, 1.807) is 0 Å². The van der Waals surface area contributed by atoms with Gasteiger partial charge in [-0.05, 0) is 30.9 Å². The second kappa shape index (κ2) is 6.00. The lowest BCUT2D eigenvalue weighted by Gasteiger charge is -2.31. The quantitative estimate of drug-likeness (QED) is 0.850. The molecule has 96 valence electrons. The minimum Gasteiger partial charge on any atom is -0.467 e. The highest BCUT2D eigenvalue weighted by Crippen LogP contribution is 2.24. The lowest BCUT2D eigenvalue weighted by molar-refractivity contribution is 0.375. The van der Waals surface area contributed by atoms with Crippen molar-refractivity contribution in [2.75, 3.05) is 12.4 Å². The normalized spacial score (nSPS) is 11.4. The zero-order valence-electron chi connectivity index (χ0n) is 10.7.